The smallest absolute Gasteiger partial charge is 0.295 e. The number of hydrogen-bond acceptors (Lipinski definition) is 3. The second-order valence-electron chi connectivity index (χ2n) is 6.24. The fourth-order valence-electron chi connectivity index (χ4n) is 2.74. The molecule has 150 valence electrons. The Morgan fingerprint density at radius 2 is 1.77 bits per heavy atom. The maximum atomic E-state index is 13.4. The van der Waals surface area contributed by atoms with Crippen LogP contribution in [0.3, 0.4) is 0 Å². The van der Waals surface area contributed by atoms with Crippen molar-refractivity contribution in [1.29, 1.82) is 0 Å². The minimum Gasteiger partial charge on any atom is -0.319 e. The van der Waals surface area contributed by atoms with E-state index in [9.17, 15) is 9.18 Å². The van der Waals surface area contributed by atoms with Crippen LogP contribution >= 0.6 is 39.1 Å². The second-order valence-corrected chi connectivity index (χ2v) is 7.97. The predicted octanol–water partition coefficient (Wildman–Crippen LogP) is 6.40. The lowest BCUT2D eigenvalue weighted by Crippen LogP contribution is -2.14. The van der Waals surface area contributed by atoms with E-state index in [1.807, 2.05) is 6.07 Å². The largest absolute Gasteiger partial charge is 0.319 e. The Balaban J connectivity index is 1.77. The molecule has 1 heterocycles. The Hall–Kier alpha value is -2.74. The first-order valence-corrected chi connectivity index (χ1v) is 10.2. The maximum absolute atomic E-state index is 13.4. The number of hydrogen-bond donors (Lipinski definition) is 1. The quantitative estimate of drug-likeness (QED) is 0.349. The van der Waals surface area contributed by atoms with Crippen LogP contribution in [0, 0.1) is 5.82 Å². The third-order valence-electron chi connectivity index (χ3n) is 4.14. The average Bonchev–Trinajstić information content (AvgIpc) is 3.16. The molecule has 0 aliphatic carbocycles. The first kappa shape index (κ1) is 20.5. The summed E-state index contributed by atoms with van der Waals surface area (Å²) in [5.41, 5.74) is 1.72. The summed E-state index contributed by atoms with van der Waals surface area (Å²) in [7, 11) is 0. The molecular formula is C21H12BrCl2FN4O. The maximum Gasteiger partial charge on any atom is 0.295 e. The van der Waals surface area contributed by atoms with E-state index in [1.165, 1.54) is 16.8 Å². The van der Waals surface area contributed by atoms with Crippen LogP contribution in [-0.4, -0.2) is 20.7 Å². The standard InChI is InChI=1S/C21H12BrCl2FN4O/c22-13-2-1-3-15(10-13)26-21(30)19-27-20(12-4-6-14(25)7-5-12)29(28-19)16-8-9-17(23)18(24)11-16/h1-11H,(H,26,30). The Morgan fingerprint density at radius 1 is 1.00 bits per heavy atom. The van der Waals surface area contributed by atoms with Gasteiger partial charge in [0.2, 0.25) is 5.82 Å². The van der Waals surface area contributed by atoms with Gasteiger partial charge in [0, 0.05) is 15.7 Å². The molecule has 0 fully saturated rings. The molecule has 9 heteroatoms. The third-order valence-corrected chi connectivity index (χ3v) is 5.38. The summed E-state index contributed by atoms with van der Waals surface area (Å²) in [6.45, 7) is 0. The van der Waals surface area contributed by atoms with Crippen LogP contribution in [-0.2, 0) is 0 Å². The normalized spacial score (nSPS) is 10.8. The molecule has 30 heavy (non-hydrogen) atoms. The molecule has 0 atom stereocenters. The third kappa shape index (κ3) is 4.38. The highest BCUT2D eigenvalue weighted by Crippen LogP contribution is 2.27. The molecule has 0 saturated carbocycles. The zero-order valence-corrected chi connectivity index (χ0v) is 18.2. The Kier molecular flexibility index (Phi) is 5.85. The van der Waals surface area contributed by atoms with Crippen molar-refractivity contribution < 1.29 is 9.18 Å². The van der Waals surface area contributed by atoms with Crippen molar-refractivity contribution in [1.82, 2.24) is 14.8 Å². The van der Waals surface area contributed by atoms with E-state index in [4.69, 9.17) is 23.2 Å². The van der Waals surface area contributed by atoms with Gasteiger partial charge in [0.1, 0.15) is 5.82 Å². The van der Waals surface area contributed by atoms with Gasteiger partial charge < -0.3 is 5.32 Å². The lowest BCUT2D eigenvalue weighted by molar-refractivity contribution is 0.101. The molecule has 1 aromatic heterocycles. The van der Waals surface area contributed by atoms with E-state index in [2.05, 4.69) is 31.3 Å². The number of nitrogens with one attached hydrogen (secondary N) is 1. The van der Waals surface area contributed by atoms with Gasteiger partial charge in [-0.1, -0.05) is 45.2 Å². The predicted molar refractivity (Wildman–Crippen MR) is 119 cm³/mol. The molecule has 0 radical (unpaired) electrons. The van der Waals surface area contributed by atoms with Crippen molar-refractivity contribution in [2.75, 3.05) is 5.32 Å². The van der Waals surface area contributed by atoms with Gasteiger partial charge >= 0.3 is 0 Å². The van der Waals surface area contributed by atoms with Gasteiger partial charge in [-0.25, -0.2) is 14.1 Å². The molecule has 0 saturated heterocycles. The first-order valence-electron chi connectivity index (χ1n) is 8.66. The average molecular weight is 506 g/mol. The van der Waals surface area contributed by atoms with Crippen molar-refractivity contribution in [3.63, 3.8) is 0 Å². The molecule has 3 aromatic carbocycles. The molecule has 0 unspecified atom stereocenters. The van der Waals surface area contributed by atoms with E-state index in [-0.39, 0.29) is 11.6 Å². The van der Waals surface area contributed by atoms with Crippen molar-refractivity contribution >= 4 is 50.7 Å². The zero-order chi connectivity index (χ0) is 21.3. The van der Waals surface area contributed by atoms with E-state index in [1.54, 1.807) is 48.5 Å². The summed E-state index contributed by atoms with van der Waals surface area (Å²) in [6.07, 6.45) is 0. The highest BCUT2D eigenvalue weighted by Gasteiger charge is 2.19. The van der Waals surface area contributed by atoms with Gasteiger partial charge in [-0.15, -0.1) is 5.10 Å². The molecule has 4 rings (SSSR count). The summed E-state index contributed by atoms with van der Waals surface area (Å²) in [6, 6.07) is 17.8. The highest BCUT2D eigenvalue weighted by molar-refractivity contribution is 9.10. The molecular weight excluding hydrogens is 494 g/mol. The number of amides is 1. The first-order chi connectivity index (χ1) is 14.4. The van der Waals surface area contributed by atoms with Crippen LogP contribution < -0.4 is 5.32 Å². The molecule has 5 nitrogen and oxygen atoms in total. The van der Waals surface area contributed by atoms with E-state index >= 15 is 0 Å². The van der Waals surface area contributed by atoms with Crippen molar-refractivity contribution in [3.05, 3.63) is 92.9 Å². The van der Waals surface area contributed by atoms with Crippen LogP contribution in [0.1, 0.15) is 10.6 Å². The van der Waals surface area contributed by atoms with Crippen LogP contribution in [0.15, 0.2) is 71.2 Å². The Bertz CT molecular complexity index is 1240. The number of carbonyl (C=O) groups excluding carboxylic acids is 1. The van der Waals surface area contributed by atoms with Crippen LogP contribution in [0.4, 0.5) is 10.1 Å². The fourth-order valence-corrected chi connectivity index (χ4v) is 3.44. The lowest BCUT2D eigenvalue weighted by Gasteiger charge is -2.07. The van der Waals surface area contributed by atoms with Crippen LogP contribution in [0.5, 0.6) is 0 Å². The monoisotopic (exact) mass is 504 g/mol. The molecule has 0 spiro atoms. The van der Waals surface area contributed by atoms with Crippen molar-refractivity contribution in [3.8, 4) is 17.1 Å². The number of nitrogens with zero attached hydrogens (tertiary/aromatic N) is 3. The van der Waals surface area contributed by atoms with Gasteiger partial charge in [-0.3, -0.25) is 4.79 Å². The van der Waals surface area contributed by atoms with E-state index in [0.717, 1.165) is 4.47 Å². The number of aromatic nitrogens is 3. The summed E-state index contributed by atoms with van der Waals surface area (Å²) >= 11 is 15.5. The number of benzene rings is 3. The highest BCUT2D eigenvalue weighted by atomic mass is 79.9. The van der Waals surface area contributed by atoms with Crippen LogP contribution in [0.2, 0.25) is 10.0 Å². The van der Waals surface area contributed by atoms with Gasteiger partial charge in [0.25, 0.3) is 5.91 Å². The summed E-state index contributed by atoms with van der Waals surface area (Å²) in [4.78, 5) is 17.1. The number of halogens is 4. The minimum absolute atomic E-state index is 0.0552. The Morgan fingerprint density at radius 3 is 2.47 bits per heavy atom. The second kappa shape index (κ2) is 8.55. The number of carbonyl (C=O) groups is 1. The summed E-state index contributed by atoms with van der Waals surface area (Å²) in [5, 5.41) is 7.83. The number of anilines is 1. The number of rotatable bonds is 4. The molecule has 0 bridgehead atoms. The minimum atomic E-state index is -0.490. The van der Waals surface area contributed by atoms with Crippen molar-refractivity contribution in [2.45, 2.75) is 0 Å². The molecule has 1 N–H and O–H groups in total. The summed E-state index contributed by atoms with van der Waals surface area (Å²) < 4.78 is 15.7. The topological polar surface area (TPSA) is 59.8 Å². The van der Waals surface area contributed by atoms with Gasteiger partial charge in [0.05, 0.1) is 15.7 Å². The van der Waals surface area contributed by atoms with Gasteiger partial charge in [0.15, 0.2) is 5.82 Å². The van der Waals surface area contributed by atoms with E-state index < -0.39 is 5.91 Å². The SMILES string of the molecule is O=C(Nc1cccc(Br)c1)c1nc(-c2ccc(F)cc2)n(-c2ccc(Cl)c(Cl)c2)n1. The molecule has 0 aliphatic heterocycles. The van der Waals surface area contributed by atoms with Gasteiger partial charge in [-0.05, 0) is 60.7 Å². The Labute approximate surface area is 189 Å². The van der Waals surface area contributed by atoms with E-state index in [0.29, 0.717) is 32.8 Å². The fraction of sp³-hybridized carbons (Fsp3) is 0. The zero-order valence-electron chi connectivity index (χ0n) is 15.1. The van der Waals surface area contributed by atoms with Crippen LogP contribution in [0.25, 0.3) is 17.1 Å². The molecule has 1 amide bonds. The molecule has 4 aromatic rings. The summed E-state index contributed by atoms with van der Waals surface area (Å²) in [5.74, 6) is -0.574. The van der Waals surface area contributed by atoms with Gasteiger partial charge in [-0.2, -0.15) is 0 Å². The lowest BCUT2D eigenvalue weighted by atomic mass is 10.2. The molecule has 0 aliphatic rings. The van der Waals surface area contributed by atoms with Crippen molar-refractivity contribution in [2.24, 2.45) is 0 Å².